The van der Waals surface area contributed by atoms with E-state index in [1.165, 1.54) is 11.5 Å². The van der Waals surface area contributed by atoms with Gasteiger partial charge in [-0.05, 0) is 56.2 Å². The van der Waals surface area contributed by atoms with Gasteiger partial charge in [-0.2, -0.15) is 0 Å². The number of amides is 1. The molecule has 30 heavy (non-hydrogen) atoms. The third-order valence-corrected chi connectivity index (χ3v) is 6.47. The molecule has 162 valence electrons. The summed E-state index contributed by atoms with van der Waals surface area (Å²) in [6.07, 6.45) is 6.75. The van der Waals surface area contributed by atoms with Gasteiger partial charge < -0.3 is 18.9 Å². The van der Waals surface area contributed by atoms with E-state index in [0.717, 1.165) is 69.8 Å². The van der Waals surface area contributed by atoms with E-state index >= 15 is 0 Å². The van der Waals surface area contributed by atoms with Crippen LogP contribution in [0.25, 0.3) is 0 Å². The normalized spacial score (nSPS) is 20.3. The molecular formula is C24H33N3O3. The average molecular weight is 412 g/mol. The molecule has 6 nitrogen and oxygen atoms in total. The Bertz CT molecular complexity index is 857. The van der Waals surface area contributed by atoms with E-state index in [9.17, 15) is 4.79 Å². The van der Waals surface area contributed by atoms with Crippen molar-refractivity contribution in [1.29, 1.82) is 0 Å². The number of aromatic nitrogens is 2. The first-order valence-electron chi connectivity index (χ1n) is 11.1. The molecule has 1 aromatic heterocycles. The molecule has 2 aliphatic rings. The molecule has 0 aliphatic carbocycles. The van der Waals surface area contributed by atoms with E-state index in [0.29, 0.717) is 18.3 Å². The monoisotopic (exact) mass is 411 g/mol. The summed E-state index contributed by atoms with van der Waals surface area (Å²) in [5.41, 5.74) is 2.23. The van der Waals surface area contributed by atoms with Crippen LogP contribution in [0.4, 0.5) is 0 Å². The second kappa shape index (κ2) is 9.65. The third kappa shape index (κ3) is 4.86. The minimum absolute atomic E-state index is 0.208. The van der Waals surface area contributed by atoms with Gasteiger partial charge in [0.15, 0.2) is 0 Å². The van der Waals surface area contributed by atoms with Crippen molar-refractivity contribution in [3.8, 4) is 5.75 Å². The van der Waals surface area contributed by atoms with Crippen LogP contribution in [0.1, 0.15) is 48.7 Å². The van der Waals surface area contributed by atoms with Crippen LogP contribution in [0.15, 0.2) is 30.5 Å². The molecule has 6 heteroatoms. The number of aryl methyl sites for hydroxylation is 1. The Morgan fingerprint density at radius 1 is 1.27 bits per heavy atom. The van der Waals surface area contributed by atoms with Crippen LogP contribution >= 0.6 is 0 Å². The second-order valence-corrected chi connectivity index (χ2v) is 8.63. The molecule has 0 radical (unpaired) electrons. The number of benzene rings is 1. The highest BCUT2D eigenvalue weighted by molar-refractivity contribution is 5.79. The van der Waals surface area contributed by atoms with E-state index in [4.69, 9.17) is 14.5 Å². The number of carbonyl (C=O) groups is 1. The second-order valence-electron chi connectivity index (χ2n) is 8.63. The van der Waals surface area contributed by atoms with Crippen LogP contribution in [0.5, 0.6) is 5.75 Å². The molecule has 1 unspecified atom stereocenters. The Morgan fingerprint density at radius 3 is 2.90 bits per heavy atom. The lowest BCUT2D eigenvalue weighted by Gasteiger charge is -2.34. The van der Waals surface area contributed by atoms with Crippen molar-refractivity contribution in [2.24, 2.45) is 5.92 Å². The molecule has 2 aliphatic heterocycles. The molecule has 4 rings (SSSR count). The highest BCUT2D eigenvalue weighted by Gasteiger charge is 2.27. The van der Waals surface area contributed by atoms with E-state index in [1.54, 1.807) is 7.11 Å². The molecule has 0 saturated carbocycles. The summed E-state index contributed by atoms with van der Waals surface area (Å²) < 4.78 is 13.2. The highest BCUT2D eigenvalue weighted by Crippen LogP contribution is 2.29. The molecule has 0 N–H and O–H groups in total. The molecule has 0 bridgehead atoms. The van der Waals surface area contributed by atoms with Gasteiger partial charge in [-0.3, -0.25) is 4.79 Å². The van der Waals surface area contributed by atoms with E-state index in [-0.39, 0.29) is 5.91 Å². The van der Waals surface area contributed by atoms with E-state index < -0.39 is 0 Å². The predicted octanol–water partition coefficient (Wildman–Crippen LogP) is 3.58. The van der Waals surface area contributed by atoms with Crippen molar-refractivity contribution < 1.29 is 14.3 Å². The van der Waals surface area contributed by atoms with Crippen LogP contribution in [-0.4, -0.2) is 53.8 Å². The first-order valence-corrected chi connectivity index (χ1v) is 11.1. The molecule has 3 heterocycles. The zero-order chi connectivity index (χ0) is 20.9. The Morgan fingerprint density at radius 2 is 2.10 bits per heavy atom. The number of likely N-dealkylation sites (tertiary alicyclic amines) is 1. The largest absolute Gasteiger partial charge is 0.497 e. The zero-order valence-electron chi connectivity index (χ0n) is 18.2. The average Bonchev–Trinajstić information content (AvgIpc) is 3.14. The number of hydrogen-bond donors (Lipinski definition) is 0. The first-order chi connectivity index (χ1) is 14.6. The maximum atomic E-state index is 12.9. The van der Waals surface area contributed by atoms with Gasteiger partial charge in [0.2, 0.25) is 5.91 Å². The number of nitrogens with zero attached hydrogens (tertiary/aromatic N) is 3. The SMILES string of the molecule is COc1cccc(CC(=O)N2CCCC(Cn3c(C)cnc3C3CCOCC3)C2)c1. The van der Waals surface area contributed by atoms with Gasteiger partial charge in [-0.15, -0.1) is 0 Å². The van der Waals surface area contributed by atoms with E-state index in [2.05, 4.69) is 11.5 Å². The Kier molecular flexibility index (Phi) is 6.72. The molecule has 1 atom stereocenters. The molecule has 1 aromatic carbocycles. The van der Waals surface area contributed by atoms with Gasteiger partial charge >= 0.3 is 0 Å². The Hall–Kier alpha value is -2.34. The van der Waals surface area contributed by atoms with Gasteiger partial charge in [-0.25, -0.2) is 4.98 Å². The van der Waals surface area contributed by atoms with Gasteiger partial charge in [0, 0.05) is 50.7 Å². The Labute approximate surface area is 179 Å². The van der Waals surface area contributed by atoms with Crippen LogP contribution in [0, 0.1) is 12.8 Å². The maximum Gasteiger partial charge on any atom is 0.227 e. The van der Waals surface area contributed by atoms with E-state index in [1.807, 2.05) is 35.4 Å². The lowest BCUT2D eigenvalue weighted by atomic mass is 9.95. The zero-order valence-corrected chi connectivity index (χ0v) is 18.2. The number of piperidine rings is 1. The smallest absolute Gasteiger partial charge is 0.227 e. The molecule has 1 amide bonds. The standard InChI is InChI=1S/C24H33N3O3/c1-18-15-25-24(21-8-11-30-12-9-21)27(18)17-20-6-4-10-26(16-20)23(28)14-19-5-3-7-22(13-19)29-2/h3,5,7,13,15,20-21H,4,6,8-12,14,16-17H2,1-2H3. The summed E-state index contributed by atoms with van der Waals surface area (Å²) in [5, 5.41) is 0. The van der Waals surface area contributed by atoms with Crippen LogP contribution in [0.3, 0.4) is 0 Å². The fourth-order valence-corrected chi connectivity index (χ4v) is 4.77. The summed E-state index contributed by atoms with van der Waals surface area (Å²) in [6.45, 7) is 6.42. The molecule has 2 aromatic rings. The first kappa shape index (κ1) is 20.9. The number of ether oxygens (including phenoxy) is 2. The molecule has 2 fully saturated rings. The van der Waals surface area contributed by atoms with Crippen LogP contribution in [0.2, 0.25) is 0 Å². The topological polar surface area (TPSA) is 56.6 Å². The predicted molar refractivity (Wildman–Crippen MR) is 116 cm³/mol. The number of rotatable bonds is 6. The number of methoxy groups -OCH3 is 1. The van der Waals surface area contributed by atoms with Crippen molar-refractivity contribution in [1.82, 2.24) is 14.5 Å². The number of hydrogen-bond acceptors (Lipinski definition) is 4. The van der Waals surface area contributed by atoms with Crippen molar-refractivity contribution in [3.05, 3.63) is 47.5 Å². The van der Waals surface area contributed by atoms with Crippen molar-refractivity contribution in [2.75, 3.05) is 33.4 Å². The maximum absolute atomic E-state index is 12.9. The summed E-state index contributed by atoms with van der Waals surface area (Å²) in [5.74, 6) is 3.17. The summed E-state index contributed by atoms with van der Waals surface area (Å²) >= 11 is 0. The minimum atomic E-state index is 0.208. The minimum Gasteiger partial charge on any atom is -0.497 e. The number of imidazole rings is 1. The summed E-state index contributed by atoms with van der Waals surface area (Å²) in [7, 11) is 1.66. The van der Waals surface area contributed by atoms with Crippen molar-refractivity contribution in [3.63, 3.8) is 0 Å². The fourth-order valence-electron chi connectivity index (χ4n) is 4.77. The lowest BCUT2D eigenvalue weighted by Crippen LogP contribution is -2.42. The lowest BCUT2D eigenvalue weighted by molar-refractivity contribution is -0.132. The molecule has 0 spiro atoms. The third-order valence-electron chi connectivity index (χ3n) is 6.47. The summed E-state index contributed by atoms with van der Waals surface area (Å²) in [6, 6.07) is 7.81. The summed E-state index contributed by atoms with van der Waals surface area (Å²) in [4.78, 5) is 19.7. The van der Waals surface area contributed by atoms with Crippen molar-refractivity contribution >= 4 is 5.91 Å². The highest BCUT2D eigenvalue weighted by atomic mass is 16.5. The van der Waals surface area contributed by atoms with Crippen molar-refractivity contribution in [2.45, 2.75) is 51.5 Å². The van der Waals surface area contributed by atoms with Crippen LogP contribution < -0.4 is 4.74 Å². The van der Waals surface area contributed by atoms with Gasteiger partial charge in [0.1, 0.15) is 11.6 Å². The fraction of sp³-hybridized carbons (Fsp3) is 0.583. The van der Waals surface area contributed by atoms with Gasteiger partial charge in [-0.1, -0.05) is 12.1 Å². The van der Waals surface area contributed by atoms with Gasteiger partial charge in [0.05, 0.1) is 13.5 Å². The Balaban J connectivity index is 1.39. The molecular weight excluding hydrogens is 378 g/mol. The van der Waals surface area contributed by atoms with Crippen LogP contribution in [-0.2, 0) is 22.5 Å². The quantitative estimate of drug-likeness (QED) is 0.729. The van der Waals surface area contributed by atoms with Gasteiger partial charge in [0.25, 0.3) is 0 Å². The number of carbonyl (C=O) groups excluding carboxylic acids is 1. The molecule has 2 saturated heterocycles.